The number of benzene rings is 1. The van der Waals surface area contributed by atoms with Crippen LogP contribution in [0, 0.1) is 11.6 Å². The van der Waals surface area contributed by atoms with Crippen molar-refractivity contribution in [1.29, 1.82) is 0 Å². The van der Waals surface area contributed by atoms with E-state index >= 15 is 0 Å². The smallest absolute Gasteiger partial charge is 0.282 e. The zero-order valence-corrected chi connectivity index (χ0v) is 7.75. The molecule has 0 aliphatic carbocycles. The predicted molar refractivity (Wildman–Crippen MR) is 46.6 cm³/mol. The lowest BCUT2D eigenvalue weighted by Crippen LogP contribution is -2.05. The number of carbonyl (C=O) groups excluding carboxylic acids is 1. The Morgan fingerprint density at radius 2 is 2.08 bits per heavy atom. The molecule has 0 saturated carbocycles. The molecule has 13 heavy (non-hydrogen) atoms. The summed E-state index contributed by atoms with van der Waals surface area (Å²) in [6, 6.07) is 3.26. The summed E-state index contributed by atoms with van der Waals surface area (Å²) in [4.78, 5) is 10.6. The number of amides is 1. The van der Waals surface area contributed by atoms with Crippen LogP contribution in [0.2, 0.25) is 0 Å². The quantitative estimate of drug-likeness (QED) is 0.475. The minimum atomic E-state index is -0.964. The van der Waals surface area contributed by atoms with Crippen LogP contribution in [0.4, 0.5) is 13.6 Å². The molecule has 0 fully saturated rings. The summed E-state index contributed by atoms with van der Waals surface area (Å²) in [6.07, 6.45) is 0. The summed E-state index contributed by atoms with van der Waals surface area (Å²) in [5.41, 5.74) is 0. The predicted octanol–water partition coefficient (Wildman–Crippen LogP) is 2.92. The van der Waals surface area contributed by atoms with Crippen LogP contribution in [0.3, 0.4) is 0 Å². The van der Waals surface area contributed by atoms with Crippen molar-refractivity contribution in [2.45, 2.75) is 4.90 Å². The Morgan fingerprint density at radius 1 is 1.38 bits per heavy atom. The van der Waals surface area contributed by atoms with Gasteiger partial charge in [0, 0.05) is 4.90 Å². The zero-order valence-electron chi connectivity index (χ0n) is 6.18. The lowest BCUT2D eigenvalue weighted by molar-refractivity contribution is 0.264. The van der Waals surface area contributed by atoms with E-state index in [9.17, 15) is 13.6 Å². The van der Waals surface area contributed by atoms with E-state index in [1.165, 1.54) is 6.07 Å². The molecule has 6 heteroatoms. The van der Waals surface area contributed by atoms with Gasteiger partial charge >= 0.3 is 5.37 Å². The standard InChI is InChI=1S/C7H4ClF2NOS/c8-7(12)11-13-4-1-2-5(9)6(10)3-4/h1-3H,(H,11,12). The first-order chi connectivity index (χ1) is 6.09. The van der Waals surface area contributed by atoms with Gasteiger partial charge in [0.2, 0.25) is 0 Å². The zero-order chi connectivity index (χ0) is 9.84. The second-order valence-corrected chi connectivity index (χ2v) is 3.28. The van der Waals surface area contributed by atoms with Crippen LogP contribution in [0.1, 0.15) is 0 Å². The monoisotopic (exact) mass is 223 g/mol. The van der Waals surface area contributed by atoms with Gasteiger partial charge in [0.1, 0.15) is 0 Å². The fourth-order valence-corrected chi connectivity index (χ4v) is 1.25. The van der Waals surface area contributed by atoms with Crippen LogP contribution in [0.15, 0.2) is 23.1 Å². The van der Waals surface area contributed by atoms with Gasteiger partial charge in [-0.3, -0.25) is 9.52 Å². The molecule has 0 atom stereocenters. The fraction of sp³-hybridized carbons (Fsp3) is 0. The lowest BCUT2D eigenvalue weighted by atomic mass is 10.3. The first kappa shape index (κ1) is 10.3. The molecule has 0 unspecified atom stereocenters. The number of nitrogens with one attached hydrogen (secondary N) is 1. The molecule has 2 nitrogen and oxygen atoms in total. The SMILES string of the molecule is O=C(Cl)NSc1ccc(F)c(F)c1. The molecule has 1 aromatic carbocycles. The highest BCUT2D eigenvalue weighted by atomic mass is 35.5. The van der Waals surface area contributed by atoms with Crippen molar-refractivity contribution in [2.24, 2.45) is 0 Å². The van der Waals surface area contributed by atoms with Crippen molar-refractivity contribution in [1.82, 2.24) is 4.72 Å². The molecule has 0 saturated heterocycles. The molecular formula is C7H4ClF2NOS. The van der Waals surface area contributed by atoms with Gasteiger partial charge in [0.15, 0.2) is 11.6 Å². The Labute approximate surface area is 82.4 Å². The molecule has 0 aliphatic heterocycles. The van der Waals surface area contributed by atoms with E-state index in [-0.39, 0.29) is 0 Å². The van der Waals surface area contributed by atoms with E-state index < -0.39 is 17.0 Å². The summed E-state index contributed by atoms with van der Waals surface area (Å²) >= 11 is 5.77. The maximum atomic E-state index is 12.6. The van der Waals surface area contributed by atoms with Crippen LogP contribution >= 0.6 is 23.5 Å². The van der Waals surface area contributed by atoms with Crippen molar-refractivity contribution >= 4 is 28.9 Å². The molecular weight excluding hydrogens is 220 g/mol. The second-order valence-electron chi connectivity index (χ2n) is 2.05. The van der Waals surface area contributed by atoms with Gasteiger partial charge in [0.05, 0.1) is 0 Å². The van der Waals surface area contributed by atoms with Crippen LogP contribution in [-0.4, -0.2) is 5.37 Å². The minimum Gasteiger partial charge on any atom is -0.282 e. The molecule has 0 spiro atoms. The second kappa shape index (κ2) is 4.43. The Bertz CT molecular complexity index is 334. The Hall–Kier alpha value is -0.810. The van der Waals surface area contributed by atoms with Gasteiger partial charge in [-0.05, 0) is 41.7 Å². The van der Waals surface area contributed by atoms with E-state index in [1.807, 2.05) is 0 Å². The molecule has 70 valence electrons. The van der Waals surface area contributed by atoms with Gasteiger partial charge in [-0.15, -0.1) is 0 Å². The van der Waals surface area contributed by atoms with E-state index in [0.29, 0.717) is 4.90 Å². The van der Waals surface area contributed by atoms with Gasteiger partial charge in [-0.2, -0.15) is 0 Å². The van der Waals surface area contributed by atoms with Crippen molar-refractivity contribution in [2.75, 3.05) is 0 Å². The third kappa shape index (κ3) is 3.20. The summed E-state index contributed by atoms with van der Waals surface area (Å²) in [7, 11) is 0. The van der Waals surface area contributed by atoms with Crippen molar-refractivity contribution < 1.29 is 13.6 Å². The first-order valence-corrected chi connectivity index (χ1v) is 4.36. The average Bonchev–Trinajstić information content (AvgIpc) is 2.07. The molecule has 1 rings (SSSR count). The molecule has 0 aromatic heterocycles. The molecule has 1 aromatic rings. The van der Waals surface area contributed by atoms with Crippen LogP contribution in [0.5, 0.6) is 0 Å². The van der Waals surface area contributed by atoms with Crippen molar-refractivity contribution in [3.63, 3.8) is 0 Å². The summed E-state index contributed by atoms with van der Waals surface area (Å²) in [5, 5.41) is -0.769. The number of rotatable bonds is 2. The van der Waals surface area contributed by atoms with E-state index in [2.05, 4.69) is 4.72 Å². The summed E-state index contributed by atoms with van der Waals surface area (Å²) < 4.78 is 27.1. The Kier molecular flexibility index (Phi) is 3.50. The maximum absolute atomic E-state index is 12.6. The van der Waals surface area contributed by atoms with Gasteiger partial charge in [-0.25, -0.2) is 8.78 Å². The van der Waals surface area contributed by atoms with Crippen molar-refractivity contribution in [3.8, 4) is 0 Å². The summed E-state index contributed by atoms with van der Waals surface area (Å²) in [6.45, 7) is 0. The summed E-state index contributed by atoms with van der Waals surface area (Å²) in [5.74, 6) is -1.89. The van der Waals surface area contributed by atoms with E-state index in [1.54, 1.807) is 0 Å². The maximum Gasteiger partial charge on any atom is 0.323 e. The van der Waals surface area contributed by atoms with Crippen molar-refractivity contribution in [3.05, 3.63) is 29.8 Å². The average molecular weight is 224 g/mol. The largest absolute Gasteiger partial charge is 0.323 e. The third-order valence-corrected chi connectivity index (χ3v) is 2.12. The highest BCUT2D eigenvalue weighted by Crippen LogP contribution is 2.17. The van der Waals surface area contributed by atoms with E-state index in [4.69, 9.17) is 11.6 Å². The molecule has 1 amide bonds. The normalized spacial score (nSPS) is 9.77. The van der Waals surface area contributed by atoms with E-state index in [0.717, 1.165) is 24.1 Å². The highest BCUT2D eigenvalue weighted by Gasteiger charge is 2.03. The molecule has 0 bridgehead atoms. The first-order valence-electron chi connectivity index (χ1n) is 3.17. The van der Waals surface area contributed by atoms with Crippen LogP contribution in [0.25, 0.3) is 0 Å². The third-order valence-electron chi connectivity index (χ3n) is 1.14. The highest BCUT2D eigenvalue weighted by molar-refractivity contribution is 7.98. The van der Waals surface area contributed by atoms with Gasteiger partial charge in [0.25, 0.3) is 0 Å². The Balaban J connectivity index is 2.68. The molecule has 0 heterocycles. The molecule has 0 aliphatic rings. The fourth-order valence-electron chi connectivity index (χ4n) is 0.639. The number of hydrogen-bond donors (Lipinski definition) is 1. The van der Waals surface area contributed by atoms with Crippen LogP contribution in [-0.2, 0) is 0 Å². The van der Waals surface area contributed by atoms with Gasteiger partial charge < -0.3 is 0 Å². The lowest BCUT2D eigenvalue weighted by Gasteiger charge is -1.99. The Morgan fingerprint density at radius 3 is 2.62 bits per heavy atom. The molecule has 1 N–H and O–H groups in total. The number of carbonyl (C=O) groups is 1. The minimum absolute atomic E-state index is 0.368. The topological polar surface area (TPSA) is 29.1 Å². The number of hydrogen-bond acceptors (Lipinski definition) is 2. The van der Waals surface area contributed by atoms with Crippen LogP contribution < -0.4 is 4.72 Å². The number of halogens is 3. The van der Waals surface area contributed by atoms with Gasteiger partial charge in [-0.1, -0.05) is 0 Å². The molecule has 0 radical (unpaired) electrons.